The first-order chi connectivity index (χ1) is 10.1. The van der Waals surface area contributed by atoms with Crippen LogP contribution in [0.5, 0.6) is 0 Å². The zero-order valence-electron chi connectivity index (χ0n) is 11.3. The zero-order valence-corrected chi connectivity index (χ0v) is 11.3. The van der Waals surface area contributed by atoms with Crippen LogP contribution in [0.1, 0.15) is 12.0 Å². The number of aldehydes is 2. The van der Waals surface area contributed by atoms with Gasteiger partial charge in [-0.15, -0.1) is 0 Å². The van der Waals surface area contributed by atoms with E-state index in [2.05, 4.69) is 15.3 Å². The molecule has 2 aromatic rings. The number of fused-ring (bicyclic) bond motifs is 1. The summed E-state index contributed by atoms with van der Waals surface area (Å²) in [5, 5.41) is 2.36. The lowest BCUT2D eigenvalue weighted by molar-refractivity contribution is -0.125. The summed E-state index contributed by atoms with van der Waals surface area (Å²) < 4.78 is 1.14. The fourth-order valence-corrected chi connectivity index (χ4v) is 1.94. The molecule has 1 atom stereocenters. The number of rotatable bonds is 6. The number of carbonyl (C=O) groups excluding carboxylic acids is 3. The number of amides is 1. The van der Waals surface area contributed by atoms with Crippen molar-refractivity contribution in [1.82, 2.24) is 19.9 Å². The van der Waals surface area contributed by atoms with E-state index in [0.717, 1.165) is 10.1 Å². The van der Waals surface area contributed by atoms with Crippen molar-refractivity contribution in [2.24, 2.45) is 0 Å². The lowest BCUT2D eigenvalue weighted by atomic mass is 10.2. The summed E-state index contributed by atoms with van der Waals surface area (Å²) in [6, 6.07) is -0.880. The molecule has 2 heterocycles. The predicted molar refractivity (Wildman–Crippen MR) is 73.8 cm³/mol. The molecule has 0 saturated carbocycles. The molecule has 0 aliphatic rings. The Morgan fingerprint density at radius 1 is 1.52 bits per heavy atom. The van der Waals surface area contributed by atoms with E-state index in [1.54, 1.807) is 6.20 Å². The van der Waals surface area contributed by atoms with Gasteiger partial charge in [0.25, 0.3) is 5.56 Å². The van der Waals surface area contributed by atoms with Crippen LogP contribution in [0.25, 0.3) is 11.0 Å². The van der Waals surface area contributed by atoms with E-state index < -0.39 is 11.9 Å². The Balaban J connectivity index is 2.18. The second-order valence-corrected chi connectivity index (χ2v) is 4.59. The number of aryl methyl sites for hydroxylation is 1. The van der Waals surface area contributed by atoms with Gasteiger partial charge >= 0.3 is 0 Å². The Bertz CT molecular complexity index is 746. The molecule has 0 aliphatic heterocycles. The Kier molecular flexibility index (Phi) is 4.27. The molecule has 0 aliphatic carbocycles. The van der Waals surface area contributed by atoms with Crippen molar-refractivity contribution in [3.63, 3.8) is 0 Å². The zero-order chi connectivity index (χ0) is 15.4. The van der Waals surface area contributed by atoms with E-state index in [-0.39, 0.29) is 18.5 Å². The Morgan fingerprint density at radius 2 is 2.29 bits per heavy atom. The van der Waals surface area contributed by atoms with Gasteiger partial charge in [-0.25, -0.2) is 4.98 Å². The smallest absolute Gasteiger partial charge is 0.278 e. The van der Waals surface area contributed by atoms with Gasteiger partial charge in [0.05, 0.1) is 17.9 Å². The normalized spacial score (nSPS) is 12.0. The third-order valence-corrected chi connectivity index (χ3v) is 3.02. The van der Waals surface area contributed by atoms with Gasteiger partial charge < -0.3 is 19.9 Å². The van der Waals surface area contributed by atoms with Crippen molar-refractivity contribution < 1.29 is 14.4 Å². The average Bonchev–Trinajstić information content (AvgIpc) is 2.83. The number of carbonyl (C=O) groups is 3. The molecule has 0 bridgehead atoms. The molecule has 110 valence electrons. The van der Waals surface area contributed by atoms with Crippen LogP contribution in [0.15, 0.2) is 17.3 Å². The molecule has 0 fully saturated rings. The van der Waals surface area contributed by atoms with E-state index in [0.29, 0.717) is 23.6 Å². The van der Waals surface area contributed by atoms with Gasteiger partial charge in [0.1, 0.15) is 24.6 Å². The number of hydrogen-bond acceptors (Lipinski definition) is 5. The topological polar surface area (TPSA) is 114 Å². The summed E-state index contributed by atoms with van der Waals surface area (Å²) >= 11 is 0. The first-order valence-corrected chi connectivity index (χ1v) is 6.28. The van der Waals surface area contributed by atoms with Gasteiger partial charge in [-0.05, 0) is 12.5 Å². The molecule has 0 spiro atoms. The molecule has 0 saturated heterocycles. The second kappa shape index (κ2) is 6.12. The Morgan fingerprint density at radius 3 is 2.95 bits per heavy atom. The maximum Gasteiger partial charge on any atom is 0.278 e. The van der Waals surface area contributed by atoms with Crippen LogP contribution in [0.2, 0.25) is 0 Å². The fourth-order valence-electron chi connectivity index (χ4n) is 1.94. The quantitative estimate of drug-likeness (QED) is 0.683. The number of nitrogens with zero attached hydrogens (tertiary/aromatic N) is 2. The van der Waals surface area contributed by atoms with Crippen LogP contribution < -0.4 is 10.9 Å². The second-order valence-electron chi connectivity index (χ2n) is 4.59. The van der Waals surface area contributed by atoms with Crippen LogP contribution in [0, 0.1) is 6.92 Å². The van der Waals surface area contributed by atoms with Crippen molar-refractivity contribution in [1.29, 1.82) is 0 Å². The molecule has 0 radical (unpaired) electrons. The van der Waals surface area contributed by atoms with Crippen LogP contribution in [-0.2, 0) is 20.9 Å². The molecule has 21 heavy (non-hydrogen) atoms. The maximum absolute atomic E-state index is 12.1. The van der Waals surface area contributed by atoms with Gasteiger partial charge in [-0.2, -0.15) is 0 Å². The molecule has 2 aromatic heterocycles. The number of hydrogen-bond donors (Lipinski definition) is 2. The molecule has 8 heteroatoms. The monoisotopic (exact) mass is 290 g/mol. The summed E-state index contributed by atoms with van der Waals surface area (Å²) in [6.07, 6.45) is 3.86. The molecule has 0 aromatic carbocycles. The Hall–Kier alpha value is -2.77. The summed E-state index contributed by atoms with van der Waals surface area (Å²) in [5.74, 6) is -0.541. The third-order valence-electron chi connectivity index (χ3n) is 3.02. The number of H-pyrrole nitrogens is 1. The van der Waals surface area contributed by atoms with E-state index in [1.807, 2.05) is 6.92 Å². The lowest BCUT2D eigenvalue weighted by Gasteiger charge is -2.10. The molecular formula is C13H14N4O4. The first-order valence-electron chi connectivity index (χ1n) is 6.28. The highest BCUT2D eigenvalue weighted by Gasteiger charge is 2.13. The van der Waals surface area contributed by atoms with Crippen LogP contribution in [0.4, 0.5) is 0 Å². The van der Waals surface area contributed by atoms with E-state index in [4.69, 9.17) is 0 Å². The molecule has 0 unspecified atom stereocenters. The predicted octanol–water partition coefficient (Wildman–Crippen LogP) is -0.694. The van der Waals surface area contributed by atoms with E-state index >= 15 is 0 Å². The van der Waals surface area contributed by atoms with Crippen molar-refractivity contribution in [2.75, 3.05) is 0 Å². The van der Waals surface area contributed by atoms with Gasteiger partial charge in [0.15, 0.2) is 0 Å². The van der Waals surface area contributed by atoms with Gasteiger partial charge in [0.2, 0.25) is 5.91 Å². The molecule has 2 rings (SSSR count). The number of aromatic amines is 1. The summed E-state index contributed by atoms with van der Waals surface area (Å²) in [6.45, 7) is 1.54. The highest BCUT2D eigenvalue weighted by atomic mass is 16.2. The minimum atomic E-state index is -0.880. The van der Waals surface area contributed by atoms with Gasteiger partial charge in [0, 0.05) is 12.6 Å². The molecular weight excluding hydrogens is 276 g/mol. The van der Waals surface area contributed by atoms with Crippen LogP contribution in [0.3, 0.4) is 0 Å². The maximum atomic E-state index is 12.1. The third kappa shape index (κ3) is 3.04. The molecule has 2 N–H and O–H groups in total. The average molecular weight is 290 g/mol. The van der Waals surface area contributed by atoms with Crippen molar-refractivity contribution in [3.8, 4) is 0 Å². The number of aromatic nitrogens is 3. The van der Waals surface area contributed by atoms with Crippen LogP contribution in [-0.4, -0.2) is 39.1 Å². The molecule has 1 amide bonds. The first kappa shape index (κ1) is 14.6. The SMILES string of the molecule is Cc1c[nH]c2c(=O)n(CC(=O)N[C@H](C=O)CC=O)cnc12. The molecule has 8 nitrogen and oxygen atoms in total. The van der Waals surface area contributed by atoms with Crippen LogP contribution >= 0.6 is 0 Å². The van der Waals surface area contributed by atoms with Crippen molar-refractivity contribution >= 4 is 29.5 Å². The largest absolute Gasteiger partial charge is 0.355 e. The minimum absolute atomic E-state index is 0.1000. The lowest BCUT2D eigenvalue weighted by Crippen LogP contribution is -2.40. The Labute approximate surface area is 119 Å². The highest BCUT2D eigenvalue weighted by molar-refractivity contribution is 5.81. The van der Waals surface area contributed by atoms with Gasteiger partial charge in [-0.1, -0.05) is 0 Å². The highest BCUT2D eigenvalue weighted by Crippen LogP contribution is 2.09. The minimum Gasteiger partial charge on any atom is -0.355 e. The number of nitrogens with one attached hydrogen (secondary N) is 2. The van der Waals surface area contributed by atoms with E-state index in [9.17, 15) is 19.2 Å². The summed E-state index contributed by atoms with van der Waals surface area (Å²) in [7, 11) is 0. The van der Waals surface area contributed by atoms with Crippen molar-refractivity contribution in [2.45, 2.75) is 25.9 Å². The van der Waals surface area contributed by atoms with E-state index in [1.165, 1.54) is 6.33 Å². The summed E-state index contributed by atoms with van der Waals surface area (Å²) in [4.78, 5) is 51.8. The fraction of sp³-hybridized carbons (Fsp3) is 0.308. The van der Waals surface area contributed by atoms with Crippen molar-refractivity contribution in [3.05, 3.63) is 28.4 Å². The van der Waals surface area contributed by atoms with Gasteiger partial charge in [-0.3, -0.25) is 14.2 Å². The standard InChI is InChI=1S/C13H14N4O4/c1-8-4-14-12-11(8)15-7-17(13(12)21)5-10(20)16-9(6-19)2-3-18/h3-4,6-7,9,14H,2,5H2,1H3,(H,16,20)/t9-/m0/s1. The summed E-state index contributed by atoms with van der Waals surface area (Å²) in [5.41, 5.74) is 1.35.